The van der Waals surface area contributed by atoms with E-state index in [-0.39, 0.29) is 30.4 Å². The Bertz CT molecular complexity index is 1060. The van der Waals surface area contributed by atoms with Crippen LogP contribution in [0.4, 0.5) is 5.69 Å². The first kappa shape index (κ1) is 24.0. The number of carbonyl (C=O) groups excluding carboxylic acids is 3. The van der Waals surface area contributed by atoms with Crippen LogP contribution in [0.2, 0.25) is 0 Å². The first-order valence-electron chi connectivity index (χ1n) is 10.5. The fourth-order valence-corrected chi connectivity index (χ4v) is 3.78. The molecule has 1 aromatic heterocycles. The van der Waals surface area contributed by atoms with E-state index < -0.39 is 5.97 Å². The van der Waals surface area contributed by atoms with E-state index in [1.807, 2.05) is 41.8 Å². The van der Waals surface area contributed by atoms with E-state index in [4.69, 9.17) is 9.47 Å². The molecule has 0 aliphatic rings. The van der Waals surface area contributed by atoms with Crippen LogP contribution in [-0.4, -0.2) is 38.0 Å². The first-order chi connectivity index (χ1) is 16.0. The number of carbonyl (C=O) groups is 3. The summed E-state index contributed by atoms with van der Waals surface area (Å²) in [6.45, 7) is 0.0841. The Hall–Kier alpha value is -3.65. The minimum atomic E-state index is -0.672. The zero-order valence-corrected chi connectivity index (χ0v) is 19.2. The van der Waals surface area contributed by atoms with Crippen molar-refractivity contribution in [3.63, 3.8) is 0 Å². The molecule has 8 heteroatoms. The van der Waals surface area contributed by atoms with Gasteiger partial charge < -0.3 is 20.1 Å². The Morgan fingerprint density at radius 3 is 2.42 bits per heavy atom. The molecule has 0 aliphatic carbocycles. The van der Waals surface area contributed by atoms with Gasteiger partial charge in [0.1, 0.15) is 5.75 Å². The van der Waals surface area contributed by atoms with Gasteiger partial charge in [-0.2, -0.15) is 0 Å². The van der Waals surface area contributed by atoms with E-state index in [2.05, 4.69) is 10.6 Å². The molecule has 2 N–H and O–H groups in total. The summed E-state index contributed by atoms with van der Waals surface area (Å²) >= 11 is 1.62. The Labute approximate surface area is 196 Å². The second kappa shape index (κ2) is 12.4. The average molecular weight is 467 g/mol. The Balaban J connectivity index is 1.46. The van der Waals surface area contributed by atoms with E-state index in [1.54, 1.807) is 42.7 Å². The van der Waals surface area contributed by atoms with Crippen molar-refractivity contribution in [1.29, 1.82) is 0 Å². The highest BCUT2D eigenvalue weighted by molar-refractivity contribution is 7.09. The normalized spacial score (nSPS) is 10.3. The lowest BCUT2D eigenvalue weighted by molar-refractivity contribution is -0.124. The number of hydrogen-bond acceptors (Lipinski definition) is 6. The molecule has 172 valence electrons. The van der Waals surface area contributed by atoms with Crippen LogP contribution in [0.1, 0.15) is 27.2 Å². The van der Waals surface area contributed by atoms with Crippen molar-refractivity contribution in [2.45, 2.75) is 19.3 Å². The maximum atomic E-state index is 12.5. The third-order valence-corrected chi connectivity index (χ3v) is 5.77. The molecule has 0 spiro atoms. The number of anilines is 1. The lowest BCUT2D eigenvalue weighted by Crippen LogP contribution is -2.30. The fraction of sp³-hybridized carbons (Fsp3) is 0.240. The number of amides is 2. The van der Waals surface area contributed by atoms with Gasteiger partial charge in [-0.25, -0.2) is 4.79 Å². The summed E-state index contributed by atoms with van der Waals surface area (Å²) in [6.07, 6.45) is 1.53. The number of aryl methyl sites for hydroxylation is 1. The standard InChI is InChI=1S/C25H26N2O5S/c1-31-19-11-8-18(9-12-19)10-13-23(28)27-22-7-3-2-6-21(22)25(30)32-17-24(29)26-15-14-20-5-4-16-33-20/h2-9,11-12,16H,10,13-15,17H2,1H3,(H,26,29)(H,27,28). The molecule has 1 heterocycles. The van der Waals surface area contributed by atoms with Gasteiger partial charge in [-0.3, -0.25) is 9.59 Å². The van der Waals surface area contributed by atoms with Crippen molar-refractivity contribution >= 4 is 34.8 Å². The van der Waals surface area contributed by atoms with E-state index in [1.165, 1.54) is 4.88 Å². The molecule has 0 saturated heterocycles. The minimum Gasteiger partial charge on any atom is -0.497 e. The molecule has 0 unspecified atom stereocenters. The smallest absolute Gasteiger partial charge is 0.340 e. The van der Waals surface area contributed by atoms with Crippen LogP contribution in [0.15, 0.2) is 66.0 Å². The molecule has 0 aliphatic heterocycles. The Morgan fingerprint density at radius 2 is 1.70 bits per heavy atom. The van der Waals surface area contributed by atoms with Gasteiger partial charge in [0.15, 0.2) is 6.61 Å². The lowest BCUT2D eigenvalue weighted by atomic mass is 10.1. The second-order valence-electron chi connectivity index (χ2n) is 7.20. The number of rotatable bonds is 11. The van der Waals surface area contributed by atoms with Crippen LogP contribution in [-0.2, 0) is 27.2 Å². The van der Waals surface area contributed by atoms with Crippen molar-refractivity contribution < 1.29 is 23.9 Å². The van der Waals surface area contributed by atoms with Crippen LogP contribution in [0, 0.1) is 0 Å². The highest BCUT2D eigenvalue weighted by Crippen LogP contribution is 2.18. The van der Waals surface area contributed by atoms with Crippen LogP contribution < -0.4 is 15.4 Å². The SMILES string of the molecule is COc1ccc(CCC(=O)Nc2ccccc2C(=O)OCC(=O)NCCc2cccs2)cc1. The molecule has 0 atom stereocenters. The molecule has 0 saturated carbocycles. The number of para-hydroxylation sites is 1. The van der Waals surface area contributed by atoms with E-state index in [0.717, 1.165) is 17.7 Å². The molecule has 7 nitrogen and oxygen atoms in total. The highest BCUT2D eigenvalue weighted by atomic mass is 32.1. The predicted octanol–water partition coefficient (Wildman–Crippen LogP) is 3.84. The van der Waals surface area contributed by atoms with Gasteiger partial charge in [-0.05, 0) is 54.1 Å². The predicted molar refractivity (Wildman–Crippen MR) is 128 cm³/mol. The van der Waals surface area contributed by atoms with Gasteiger partial charge in [-0.15, -0.1) is 11.3 Å². The van der Waals surface area contributed by atoms with Crippen LogP contribution in [0.25, 0.3) is 0 Å². The minimum absolute atomic E-state index is 0.196. The van der Waals surface area contributed by atoms with Gasteiger partial charge >= 0.3 is 5.97 Å². The number of benzene rings is 2. The third kappa shape index (κ3) is 7.76. The van der Waals surface area contributed by atoms with Gasteiger partial charge in [0, 0.05) is 17.8 Å². The van der Waals surface area contributed by atoms with E-state index in [0.29, 0.717) is 18.7 Å². The maximum absolute atomic E-state index is 12.5. The van der Waals surface area contributed by atoms with Gasteiger partial charge in [0.25, 0.3) is 5.91 Å². The summed E-state index contributed by atoms with van der Waals surface area (Å²) in [5, 5.41) is 7.47. The number of esters is 1. The number of nitrogens with one attached hydrogen (secondary N) is 2. The number of thiophene rings is 1. The summed E-state index contributed by atoms with van der Waals surface area (Å²) in [7, 11) is 1.60. The monoisotopic (exact) mass is 466 g/mol. The van der Waals surface area contributed by atoms with Gasteiger partial charge in [-0.1, -0.05) is 30.3 Å². The largest absolute Gasteiger partial charge is 0.497 e. The van der Waals surface area contributed by atoms with Crippen molar-refractivity contribution in [1.82, 2.24) is 5.32 Å². The van der Waals surface area contributed by atoms with Gasteiger partial charge in [0.2, 0.25) is 5.91 Å². The summed E-state index contributed by atoms with van der Waals surface area (Å²) in [5.41, 5.74) is 1.55. The second-order valence-corrected chi connectivity index (χ2v) is 8.23. The molecule has 2 amide bonds. The van der Waals surface area contributed by atoms with E-state index in [9.17, 15) is 14.4 Å². The third-order valence-electron chi connectivity index (χ3n) is 4.83. The zero-order chi connectivity index (χ0) is 23.5. The molecule has 0 bridgehead atoms. The van der Waals surface area contributed by atoms with Crippen LogP contribution >= 0.6 is 11.3 Å². The first-order valence-corrected chi connectivity index (χ1v) is 11.4. The maximum Gasteiger partial charge on any atom is 0.340 e. The molecule has 0 radical (unpaired) electrons. The van der Waals surface area contributed by atoms with Crippen molar-refractivity contribution in [3.8, 4) is 5.75 Å². The molecule has 3 aromatic rings. The van der Waals surface area contributed by atoms with Gasteiger partial charge in [0.05, 0.1) is 18.4 Å². The van der Waals surface area contributed by atoms with E-state index >= 15 is 0 Å². The lowest BCUT2D eigenvalue weighted by Gasteiger charge is -2.11. The summed E-state index contributed by atoms with van der Waals surface area (Å²) in [6, 6.07) is 18.0. The van der Waals surface area contributed by atoms with Crippen molar-refractivity contribution in [3.05, 3.63) is 82.0 Å². The van der Waals surface area contributed by atoms with Crippen molar-refractivity contribution in [2.24, 2.45) is 0 Å². The Morgan fingerprint density at radius 1 is 0.909 bits per heavy atom. The molecule has 3 rings (SSSR count). The average Bonchev–Trinajstić information content (AvgIpc) is 3.35. The fourth-order valence-electron chi connectivity index (χ4n) is 3.07. The number of hydrogen-bond donors (Lipinski definition) is 2. The number of ether oxygens (including phenoxy) is 2. The summed E-state index contributed by atoms with van der Waals surface area (Å²) in [5.74, 6) is -0.514. The molecule has 33 heavy (non-hydrogen) atoms. The molecular weight excluding hydrogens is 440 g/mol. The van der Waals surface area contributed by atoms with Crippen molar-refractivity contribution in [2.75, 3.05) is 25.6 Å². The molecule has 0 fully saturated rings. The van der Waals surface area contributed by atoms with Crippen LogP contribution in [0.5, 0.6) is 5.75 Å². The topological polar surface area (TPSA) is 93.7 Å². The summed E-state index contributed by atoms with van der Waals surface area (Å²) in [4.78, 5) is 38.0. The molecule has 2 aromatic carbocycles. The number of methoxy groups -OCH3 is 1. The zero-order valence-electron chi connectivity index (χ0n) is 18.3. The highest BCUT2D eigenvalue weighted by Gasteiger charge is 2.16. The summed E-state index contributed by atoms with van der Waals surface area (Å²) < 4.78 is 10.3. The van der Waals surface area contributed by atoms with Crippen LogP contribution in [0.3, 0.4) is 0 Å². The quantitative estimate of drug-likeness (QED) is 0.419. The molecular formula is C25H26N2O5S. The Kier molecular flexibility index (Phi) is 9.02.